The minimum Gasteiger partial charge on any atom is -0.444 e. The van der Waals surface area contributed by atoms with Crippen LogP contribution >= 0.6 is 23.2 Å². The van der Waals surface area contributed by atoms with Crippen LogP contribution in [0.25, 0.3) is 0 Å². The first-order chi connectivity index (χ1) is 9.73. The molecule has 1 amide bonds. The zero-order valence-corrected chi connectivity index (χ0v) is 13.7. The maximum Gasteiger partial charge on any atom is 0.410 e. The Morgan fingerprint density at radius 2 is 2.14 bits per heavy atom. The van der Waals surface area contributed by atoms with Gasteiger partial charge in [-0.15, -0.1) is 0 Å². The summed E-state index contributed by atoms with van der Waals surface area (Å²) < 4.78 is 5.35. The van der Waals surface area contributed by atoms with Gasteiger partial charge in [-0.3, -0.25) is 0 Å². The van der Waals surface area contributed by atoms with Gasteiger partial charge in [-0.05, 0) is 38.8 Å². The number of aromatic nitrogens is 2. The lowest BCUT2D eigenvalue weighted by Gasteiger charge is -2.24. The number of likely N-dealkylation sites (tertiary alicyclic amines) is 1. The molecule has 2 rings (SSSR count). The van der Waals surface area contributed by atoms with Gasteiger partial charge in [-0.2, -0.15) is 0 Å². The van der Waals surface area contributed by atoms with E-state index in [0.717, 1.165) is 6.42 Å². The standard InChI is InChI=1S/C13H18Cl2N4O2/c1-13(2,3)21-12(20)19-5-4-8(7-19)16-10-6-9(14)17-11(15)18-10/h6,8H,4-5,7H2,1-3H3,(H,16,17,18)/t8-/m0/s1. The molecule has 21 heavy (non-hydrogen) atoms. The van der Waals surface area contributed by atoms with E-state index >= 15 is 0 Å². The van der Waals surface area contributed by atoms with Gasteiger partial charge in [0.05, 0.1) is 0 Å². The molecule has 1 atom stereocenters. The van der Waals surface area contributed by atoms with Crippen LogP contribution in [-0.2, 0) is 4.74 Å². The monoisotopic (exact) mass is 332 g/mol. The largest absolute Gasteiger partial charge is 0.444 e. The maximum atomic E-state index is 12.0. The number of nitrogens with zero attached hydrogens (tertiary/aromatic N) is 3. The second-order valence-corrected chi connectivity index (χ2v) is 6.63. The van der Waals surface area contributed by atoms with Crippen molar-refractivity contribution in [2.45, 2.75) is 38.8 Å². The van der Waals surface area contributed by atoms with E-state index in [1.807, 2.05) is 20.8 Å². The molecule has 6 nitrogen and oxygen atoms in total. The van der Waals surface area contributed by atoms with Gasteiger partial charge in [0.15, 0.2) is 0 Å². The predicted molar refractivity (Wildman–Crippen MR) is 81.9 cm³/mol. The molecule has 0 saturated carbocycles. The summed E-state index contributed by atoms with van der Waals surface area (Å²) in [4.78, 5) is 21.5. The fourth-order valence-electron chi connectivity index (χ4n) is 2.04. The van der Waals surface area contributed by atoms with Crippen molar-refractivity contribution in [2.75, 3.05) is 18.4 Å². The molecule has 0 bridgehead atoms. The number of halogens is 2. The van der Waals surface area contributed by atoms with Gasteiger partial charge in [0, 0.05) is 25.2 Å². The number of hydrogen-bond acceptors (Lipinski definition) is 5. The molecule has 1 fully saturated rings. The minimum absolute atomic E-state index is 0.0829. The number of rotatable bonds is 2. The number of ether oxygens (including phenoxy) is 1. The topological polar surface area (TPSA) is 67.3 Å². The predicted octanol–water partition coefficient (Wildman–Crippen LogP) is 3.20. The summed E-state index contributed by atoms with van der Waals surface area (Å²) in [5.74, 6) is 0.552. The van der Waals surface area contributed by atoms with Gasteiger partial charge in [0.25, 0.3) is 0 Å². The van der Waals surface area contributed by atoms with Gasteiger partial charge in [-0.25, -0.2) is 14.8 Å². The van der Waals surface area contributed by atoms with Crippen LogP contribution in [0.4, 0.5) is 10.6 Å². The van der Waals surface area contributed by atoms with Gasteiger partial charge in [-0.1, -0.05) is 11.6 Å². The number of nitrogens with one attached hydrogen (secondary N) is 1. The van der Waals surface area contributed by atoms with E-state index in [9.17, 15) is 4.79 Å². The lowest BCUT2D eigenvalue weighted by atomic mass is 10.2. The van der Waals surface area contributed by atoms with Crippen LogP contribution in [0.2, 0.25) is 10.4 Å². The van der Waals surface area contributed by atoms with Crippen LogP contribution in [-0.4, -0.2) is 45.7 Å². The van der Waals surface area contributed by atoms with E-state index in [0.29, 0.717) is 18.9 Å². The molecule has 1 aliphatic rings. The molecule has 1 N–H and O–H groups in total. The van der Waals surface area contributed by atoms with Gasteiger partial charge < -0.3 is 15.0 Å². The van der Waals surface area contributed by atoms with Crippen LogP contribution in [0.1, 0.15) is 27.2 Å². The lowest BCUT2D eigenvalue weighted by Crippen LogP contribution is -2.36. The highest BCUT2D eigenvalue weighted by Gasteiger charge is 2.29. The van der Waals surface area contributed by atoms with E-state index in [1.165, 1.54) is 0 Å². The molecule has 1 saturated heterocycles. The SMILES string of the molecule is CC(C)(C)OC(=O)N1CC[C@H](Nc2cc(Cl)nc(Cl)n2)C1. The number of anilines is 1. The molecule has 0 aliphatic carbocycles. The fourth-order valence-corrected chi connectivity index (χ4v) is 2.45. The summed E-state index contributed by atoms with van der Waals surface area (Å²) in [5.41, 5.74) is -0.490. The Morgan fingerprint density at radius 1 is 1.43 bits per heavy atom. The molecule has 0 aromatic carbocycles. The van der Waals surface area contributed by atoms with E-state index in [-0.39, 0.29) is 22.6 Å². The molecule has 0 unspecified atom stereocenters. The Morgan fingerprint density at radius 3 is 2.76 bits per heavy atom. The van der Waals surface area contributed by atoms with Crippen LogP contribution in [0.3, 0.4) is 0 Å². The fraction of sp³-hybridized carbons (Fsp3) is 0.615. The quantitative estimate of drug-likeness (QED) is 0.665. The molecule has 8 heteroatoms. The van der Waals surface area contributed by atoms with E-state index in [4.69, 9.17) is 27.9 Å². The summed E-state index contributed by atoms with van der Waals surface area (Å²) in [6, 6.07) is 1.68. The molecular formula is C13H18Cl2N4O2. The van der Waals surface area contributed by atoms with Gasteiger partial charge in [0.2, 0.25) is 5.28 Å². The molecule has 0 spiro atoms. The summed E-state index contributed by atoms with van der Waals surface area (Å²) in [5, 5.41) is 3.57. The highest BCUT2D eigenvalue weighted by Crippen LogP contribution is 2.20. The normalized spacial score (nSPS) is 18.7. The van der Waals surface area contributed by atoms with Crippen molar-refractivity contribution in [3.63, 3.8) is 0 Å². The number of carbonyl (C=O) groups is 1. The number of amides is 1. The Labute approximate surface area is 133 Å². The Bertz CT molecular complexity index is 513. The molecule has 116 valence electrons. The maximum absolute atomic E-state index is 12.0. The van der Waals surface area contributed by atoms with Crippen molar-refractivity contribution < 1.29 is 9.53 Å². The molecule has 1 aromatic heterocycles. The van der Waals surface area contributed by atoms with Crippen molar-refractivity contribution in [1.29, 1.82) is 0 Å². The molecule has 2 heterocycles. The first-order valence-corrected chi connectivity index (χ1v) is 7.43. The third-order valence-electron chi connectivity index (χ3n) is 2.86. The first-order valence-electron chi connectivity index (χ1n) is 6.67. The Kier molecular flexibility index (Phi) is 4.78. The molecule has 1 aliphatic heterocycles. The van der Waals surface area contributed by atoms with Crippen LogP contribution in [0, 0.1) is 0 Å². The van der Waals surface area contributed by atoms with Crippen LogP contribution < -0.4 is 5.32 Å². The van der Waals surface area contributed by atoms with Gasteiger partial charge in [0.1, 0.15) is 16.6 Å². The third-order valence-corrected chi connectivity index (χ3v) is 3.22. The molecular weight excluding hydrogens is 315 g/mol. The smallest absolute Gasteiger partial charge is 0.410 e. The Hall–Kier alpha value is -1.27. The summed E-state index contributed by atoms with van der Waals surface area (Å²) in [7, 11) is 0. The molecule has 0 radical (unpaired) electrons. The lowest BCUT2D eigenvalue weighted by molar-refractivity contribution is 0.0293. The highest BCUT2D eigenvalue weighted by molar-refractivity contribution is 6.32. The van der Waals surface area contributed by atoms with E-state index < -0.39 is 5.60 Å². The number of hydrogen-bond donors (Lipinski definition) is 1. The average molecular weight is 333 g/mol. The van der Waals surface area contributed by atoms with Crippen LogP contribution in [0.5, 0.6) is 0 Å². The van der Waals surface area contributed by atoms with E-state index in [2.05, 4.69) is 15.3 Å². The molecule has 1 aromatic rings. The summed E-state index contributed by atoms with van der Waals surface area (Å²) in [6.07, 6.45) is 0.504. The average Bonchev–Trinajstić information content (AvgIpc) is 2.73. The number of carbonyl (C=O) groups excluding carboxylic acids is 1. The third kappa shape index (κ3) is 4.89. The van der Waals surface area contributed by atoms with E-state index in [1.54, 1.807) is 11.0 Å². The van der Waals surface area contributed by atoms with Crippen molar-refractivity contribution >= 4 is 35.1 Å². The minimum atomic E-state index is -0.490. The van der Waals surface area contributed by atoms with Crippen molar-refractivity contribution in [2.24, 2.45) is 0 Å². The summed E-state index contributed by atoms with van der Waals surface area (Å²) >= 11 is 11.6. The Balaban J connectivity index is 1.92. The second kappa shape index (κ2) is 6.23. The zero-order valence-electron chi connectivity index (χ0n) is 12.2. The second-order valence-electron chi connectivity index (χ2n) is 5.90. The zero-order chi connectivity index (χ0) is 15.6. The van der Waals surface area contributed by atoms with Crippen molar-refractivity contribution in [1.82, 2.24) is 14.9 Å². The first kappa shape index (κ1) is 16.1. The van der Waals surface area contributed by atoms with Gasteiger partial charge >= 0.3 is 6.09 Å². The summed E-state index contributed by atoms with van der Waals surface area (Å²) in [6.45, 7) is 6.73. The van der Waals surface area contributed by atoms with Crippen molar-refractivity contribution in [3.05, 3.63) is 16.5 Å². The van der Waals surface area contributed by atoms with Crippen LogP contribution in [0.15, 0.2) is 6.07 Å². The van der Waals surface area contributed by atoms with Crippen molar-refractivity contribution in [3.8, 4) is 0 Å². The highest BCUT2D eigenvalue weighted by atomic mass is 35.5.